The number of nitrogen functional groups attached to an aromatic ring is 1. The fourth-order valence-corrected chi connectivity index (χ4v) is 4.46. The zero-order valence-electron chi connectivity index (χ0n) is 12.2. The van der Waals surface area contributed by atoms with Crippen LogP contribution in [0.4, 0.5) is 5.00 Å². The lowest BCUT2D eigenvalue weighted by Crippen LogP contribution is -2.11. The Morgan fingerprint density at radius 2 is 2.45 bits per heavy atom. The van der Waals surface area contributed by atoms with Gasteiger partial charge in [-0.25, -0.2) is 9.47 Å². The van der Waals surface area contributed by atoms with Gasteiger partial charge in [-0.3, -0.25) is 0 Å². The fraction of sp³-hybridized carbons (Fsp3) is 0.462. The normalized spacial score (nSPS) is 13.1. The number of fused-ring (bicyclic) bond motifs is 1. The van der Waals surface area contributed by atoms with Crippen LogP contribution in [0, 0.1) is 0 Å². The van der Waals surface area contributed by atoms with Gasteiger partial charge in [0.2, 0.25) is 5.16 Å². The number of nitrogens with two attached hydrogens (primary N) is 1. The van der Waals surface area contributed by atoms with Gasteiger partial charge in [-0.2, -0.15) is 0 Å². The van der Waals surface area contributed by atoms with Crippen molar-refractivity contribution >= 4 is 34.1 Å². The second-order valence-electron chi connectivity index (χ2n) is 4.77. The number of rotatable bonds is 6. The van der Waals surface area contributed by atoms with Gasteiger partial charge in [0, 0.05) is 4.88 Å². The van der Waals surface area contributed by atoms with Crippen molar-refractivity contribution in [2.45, 2.75) is 31.3 Å². The van der Waals surface area contributed by atoms with Gasteiger partial charge in [0.15, 0.2) is 0 Å². The Balaban J connectivity index is 1.73. The average Bonchev–Trinajstić information content (AvgIpc) is 3.15. The van der Waals surface area contributed by atoms with Crippen molar-refractivity contribution < 1.29 is 9.53 Å². The molecule has 2 aromatic rings. The van der Waals surface area contributed by atoms with Gasteiger partial charge in [-0.1, -0.05) is 11.8 Å². The summed E-state index contributed by atoms with van der Waals surface area (Å²) in [6.07, 6.45) is 4.55. The van der Waals surface area contributed by atoms with Crippen LogP contribution in [0.25, 0.3) is 0 Å². The minimum absolute atomic E-state index is 0.239. The number of carbonyl (C=O) groups excluding carboxylic acids is 1. The third kappa shape index (κ3) is 2.91. The van der Waals surface area contributed by atoms with E-state index in [9.17, 15) is 4.79 Å². The highest BCUT2D eigenvalue weighted by molar-refractivity contribution is 7.99. The largest absolute Gasteiger partial charge is 0.462 e. The minimum Gasteiger partial charge on any atom is -0.462 e. The van der Waals surface area contributed by atoms with Crippen molar-refractivity contribution in [1.29, 1.82) is 0 Å². The lowest BCUT2D eigenvalue weighted by molar-refractivity contribution is 0.0527. The zero-order chi connectivity index (χ0) is 15.5. The first-order valence-corrected chi connectivity index (χ1v) is 8.84. The molecule has 0 bridgehead atoms. The number of carbonyl (C=O) groups is 1. The monoisotopic (exact) mass is 339 g/mol. The molecule has 2 aromatic heterocycles. The topological polar surface area (TPSA) is 95.1 Å². The van der Waals surface area contributed by atoms with Crippen LogP contribution in [0.5, 0.6) is 0 Å². The summed E-state index contributed by atoms with van der Waals surface area (Å²) in [7, 11) is 0. The number of ether oxygens (including phenoxy) is 1. The van der Waals surface area contributed by atoms with Crippen LogP contribution in [-0.4, -0.2) is 33.3 Å². The Hall–Kier alpha value is -1.74. The summed E-state index contributed by atoms with van der Waals surface area (Å²) in [5.74, 6) is 5.99. The molecule has 0 unspecified atom stereocenters. The molecule has 0 atom stereocenters. The standard InChI is InChI=1S/C13H17N5O2S2/c1-2-20-12(19)10-8-4-3-5-9(8)22-11(10)15-7-21-13-17-16-6-18(13)14/h6,15H,2-5,7,14H2,1H3. The van der Waals surface area contributed by atoms with E-state index >= 15 is 0 Å². The Kier molecular flexibility index (Phi) is 4.53. The van der Waals surface area contributed by atoms with E-state index in [0.29, 0.717) is 23.2 Å². The van der Waals surface area contributed by atoms with Gasteiger partial charge >= 0.3 is 5.97 Å². The number of nitrogens with one attached hydrogen (secondary N) is 1. The first-order valence-electron chi connectivity index (χ1n) is 7.04. The number of aromatic nitrogens is 3. The van der Waals surface area contributed by atoms with Gasteiger partial charge in [-0.15, -0.1) is 21.5 Å². The molecule has 3 rings (SSSR count). The molecule has 9 heteroatoms. The van der Waals surface area contributed by atoms with E-state index in [1.807, 2.05) is 6.92 Å². The third-order valence-electron chi connectivity index (χ3n) is 3.38. The zero-order valence-corrected chi connectivity index (χ0v) is 13.8. The van der Waals surface area contributed by atoms with Crippen LogP contribution >= 0.6 is 23.1 Å². The summed E-state index contributed by atoms with van der Waals surface area (Å²) < 4.78 is 6.57. The van der Waals surface area contributed by atoms with Crippen molar-refractivity contribution in [2.24, 2.45) is 0 Å². The van der Waals surface area contributed by atoms with Crippen LogP contribution in [0.3, 0.4) is 0 Å². The van der Waals surface area contributed by atoms with Crippen LogP contribution in [0.15, 0.2) is 11.5 Å². The van der Waals surface area contributed by atoms with E-state index in [1.54, 1.807) is 11.3 Å². The summed E-state index contributed by atoms with van der Waals surface area (Å²) in [6.45, 7) is 2.20. The highest BCUT2D eigenvalue weighted by Crippen LogP contribution is 2.39. The number of thiophene rings is 1. The predicted molar refractivity (Wildman–Crippen MR) is 86.8 cm³/mol. The SMILES string of the molecule is CCOC(=O)c1c(NCSc2nncn2N)sc2c1CCC2. The maximum atomic E-state index is 12.2. The molecule has 1 aliphatic carbocycles. The first kappa shape index (κ1) is 15.2. The van der Waals surface area contributed by atoms with Crippen molar-refractivity contribution in [3.63, 3.8) is 0 Å². The summed E-state index contributed by atoms with van der Waals surface area (Å²) in [4.78, 5) is 13.5. The molecule has 22 heavy (non-hydrogen) atoms. The maximum absolute atomic E-state index is 12.2. The van der Waals surface area contributed by atoms with Crippen molar-refractivity contribution in [3.8, 4) is 0 Å². The van der Waals surface area contributed by atoms with Gasteiger partial charge < -0.3 is 15.9 Å². The van der Waals surface area contributed by atoms with Crippen LogP contribution in [-0.2, 0) is 17.6 Å². The number of aryl methyl sites for hydroxylation is 1. The third-order valence-corrected chi connectivity index (χ3v) is 5.46. The molecule has 0 amide bonds. The summed E-state index contributed by atoms with van der Waals surface area (Å²) in [5.41, 5.74) is 1.85. The Labute approximate surface area is 136 Å². The molecular weight excluding hydrogens is 322 g/mol. The number of nitrogens with zero attached hydrogens (tertiary/aromatic N) is 3. The van der Waals surface area contributed by atoms with Gasteiger partial charge in [0.1, 0.15) is 11.3 Å². The highest BCUT2D eigenvalue weighted by Gasteiger charge is 2.27. The molecule has 0 aromatic carbocycles. The maximum Gasteiger partial charge on any atom is 0.341 e. The number of esters is 1. The number of anilines is 1. The molecule has 0 saturated heterocycles. The van der Waals surface area contributed by atoms with Crippen LogP contribution in [0.1, 0.15) is 34.1 Å². The second kappa shape index (κ2) is 6.57. The lowest BCUT2D eigenvalue weighted by Gasteiger charge is -2.08. The first-order chi connectivity index (χ1) is 10.7. The van der Waals surface area contributed by atoms with Gasteiger partial charge in [-0.05, 0) is 31.7 Å². The lowest BCUT2D eigenvalue weighted by atomic mass is 10.1. The molecule has 0 fully saturated rings. The Bertz CT molecular complexity index is 682. The van der Waals surface area contributed by atoms with E-state index in [1.165, 1.54) is 27.6 Å². The van der Waals surface area contributed by atoms with Gasteiger partial charge in [0.05, 0.1) is 18.0 Å². The summed E-state index contributed by atoms with van der Waals surface area (Å²) in [6, 6.07) is 0. The number of thioether (sulfide) groups is 1. The summed E-state index contributed by atoms with van der Waals surface area (Å²) >= 11 is 3.08. The highest BCUT2D eigenvalue weighted by atomic mass is 32.2. The fourth-order valence-electron chi connectivity index (χ4n) is 2.45. The van der Waals surface area contributed by atoms with E-state index < -0.39 is 0 Å². The summed E-state index contributed by atoms with van der Waals surface area (Å²) in [5, 5.41) is 12.4. The smallest absolute Gasteiger partial charge is 0.341 e. The molecule has 3 N–H and O–H groups in total. The molecule has 0 saturated carbocycles. The Morgan fingerprint density at radius 3 is 3.18 bits per heavy atom. The van der Waals surface area contributed by atoms with Crippen LogP contribution in [0.2, 0.25) is 0 Å². The molecule has 2 heterocycles. The number of hydrogen-bond acceptors (Lipinski definition) is 8. The molecule has 1 aliphatic rings. The molecule has 118 valence electrons. The van der Waals surface area contributed by atoms with Crippen molar-refractivity contribution in [1.82, 2.24) is 14.9 Å². The van der Waals surface area contributed by atoms with E-state index in [4.69, 9.17) is 10.6 Å². The average molecular weight is 339 g/mol. The van der Waals surface area contributed by atoms with Crippen molar-refractivity contribution in [3.05, 3.63) is 22.3 Å². The molecule has 0 spiro atoms. The van der Waals surface area contributed by atoms with Crippen LogP contribution < -0.4 is 11.2 Å². The predicted octanol–water partition coefficient (Wildman–Crippen LogP) is 1.88. The second-order valence-corrected chi connectivity index (χ2v) is 6.82. The molecule has 7 nitrogen and oxygen atoms in total. The van der Waals surface area contributed by atoms with E-state index in [2.05, 4.69) is 15.5 Å². The molecule has 0 radical (unpaired) electrons. The quantitative estimate of drug-likeness (QED) is 0.359. The van der Waals surface area contributed by atoms with E-state index in [0.717, 1.165) is 29.8 Å². The molecule has 0 aliphatic heterocycles. The molecular formula is C13H17N5O2S2. The number of hydrogen-bond donors (Lipinski definition) is 2. The van der Waals surface area contributed by atoms with Crippen molar-refractivity contribution in [2.75, 3.05) is 23.6 Å². The minimum atomic E-state index is -0.239. The Morgan fingerprint density at radius 1 is 1.59 bits per heavy atom. The van der Waals surface area contributed by atoms with E-state index in [-0.39, 0.29) is 5.97 Å². The van der Waals surface area contributed by atoms with Gasteiger partial charge in [0.25, 0.3) is 0 Å².